The molecular weight excluding hydrogens is 582 g/mol. The van der Waals surface area contributed by atoms with Crippen LogP contribution in [-0.2, 0) is 10.2 Å². The molecule has 156 valence electrons. The Labute approximate surface area is 195 Å². The lowest BCUT2D eigenvalue weighted by Crippen LogP contribution is -2.22. The van der Waals surface area contributed by atoms with Gasteiger partial charge in [0.25, 0.3) is 0 Å². The molecule has 0 heterocycles. The van der Waals surface area contributed by atoms with Crippen LogP contribution in [0.3, 0.4) is 0 Å². The minimum atomic E-state index is -0.435. The van der Waals surface area contributed by atoms with Gasteiger partial charge >= 0.3 is 0 Å². The number of ether oxygens (including phenoxy) is 2. The first-order chi connectivity index (χ1) is 13.4. The maximum Gasteiger partial charge on any atom is 0.119 e. The number of allylic oxidation sites excluding steroid dienone is 4. The monoisotopic (exact) mass is 612 g/mol. The minimum Gasteiger partial charge on any atom is -0.495 e. The molecule has 2 N–H and O–H groups in total. The summed E-state index contributed by atoms with van der Waals surface area (Å²) in [6.45, 7) is 5.16. The molecule has 0 fully saturated rings. The van der Waals surface area contributed by atoms with Crippen LogP contribution in [0.2, 0.25) is 0 Å². The van der Waals surface area contributed by atoms with E-state index < -0.39 is 12.2 Å². The molecule has 2 atom stereocenters. The molecule has 1 aromatic carbocycles. The van der Waals surface area contributed by atoms with Crippen LogP contribution in [-0.4, -0.2) is 44.5 Å². The number of hydrogen-bond acceptors (Lipinski definition) is 4. The minimum absolute atomic E-state index is 0.0803. The second-order valence-corrected chi connectivity index (χ2v) is 9.50. The van der Waals surface area contributed by atoms with E-state index in [2.05, 4.69) is 77.2 Å². The van der Waals surface area contributed by atoms with Crippen molar-refractivity contribution in [1.29, 1.82) is 0 Å². The highest BCUT2D eigenvalue weighted by Crippen LogP contribution is 2.37. The molecule has 0 aromatic heterocycles. The molecule has 1 aromatic rings. The standard InChI is InChI=1S/C22H30I2O4/c1-22(2,17-5-9-21(10-6-17)28-15-19(26)13-24)16-3-7-20(8-4-16)27-14-18(25)11-12-23/h3,5-7,9-10,18-19,25-26H,4,8,11-15H2,1-2H3/t18?,19-/m0/s1. The van der Waals surface area contributed by atoms with Gasteiger partial charge in [-0.3, -0.25) is 0 Å². The van der Waals surface area contributed by atoms with Crippen LogP contribution in [0.15, 0.2) is 47.7 Å². The predicted molar refractivity (Wildman–Crippen MR) is 131 cm³/mol. The van der Waals surface area contributed by atoms with Crippen molar-refractivity contribution in [2.24, 2.45) is 0 Å². The Morgan fingerprint density at radius 1 is 0.964 bits per heavy atom. The first-order valence-corrected chi connectivity index (χ1v) is 12.7. The van der Waals surface area contributed by atoms with Crippen molar-refractivity contribution >= 4 is 45.2 Å². The van der Waals surface area contributed by atoms with Crippen LogP contribution in [0, 0.1) is 0 Å². The molecule has 0 saturated heterocycles. The third-order valence-corrected chi connectivity index (χ3v) is 6.65. The smallest absolute Gasteiger partial charge is 0.119 e. The lowest BCUT2D eigenvalue weighted by atomic mass is 9.74. The van der Waals surface area contributed by atoms with Crippen LogP contribution in [0.4, 0.5) is 0 Å². The molecule has 1 aliphatic carbocycles. The molecule has 28 heavy (non-hydrogen) atoms. The lowest BCUT2D eigenvalue weighted by Gasteiger charge is -2.31. The molecule has 0 spiro atoms. The van der Waals surface area contributed by atoms with E-state index in [-0.39, 0.29) is 5.41 Å². The molecule has 0 bridgehead atoms. The second kappa shape index (κ2) is 11.8. The van der Waals surface area contributed by atoms with Gasteiger partial charge in [-0.2, -0.15) is 0 Å². The summed E-state index contributed by atoms with van der Waals surface area (Å²) >= 11 is 4.41. The zero-order chi connectivity index (χ0) is 20.6. The van der Waals surface area contributed by atoms with Crippen LogP contribution in [0.25, 0.3) is 0 Å². The zero-order valence-corrected chi connectivity index (χ0v) is 20.9. The van der Waals surface area contributed by atoms with Crippen molar-refractivity contribution in [3.8, 4) is 5.75 Å². The van der Waals surface area contributed by atoms with E-state index in [1.165, 1.54) is 11.1 Å². The van der Waals surface area contributed by atoms with E-state index in [0.717, 1.165) is 35.2 Å². The number of halogens is 2. The van der Waals surface area contributed by atoms with Crippen molar-refractivity contribution in [3.63, 3.8) is 0 Å². The van der Waals surface area contributed by atoms with Gasteiger partial charge in [-0.15, -0.1) is 0 Å². The maximum atomic E-state index is 9.82. The van der Waals surface area contributed by atoms with Crippen molar-refractivity contribution in [1.82, 2.24) is 0 Å². The van der Waals surface area contributed by atoms with Gasteiger partial charge in [0.15, 0.2) is 0 Å². The summed E-state index contributed by atoms with van der Waals surface area (Å²) in [5.74, 6) is 1.73. The van der Waals surface area contributed by atoms with Gasteiger partial charge in [0.2, 0.25) is 0 Å². The fourth-order valence-electron chi connectivity index (χ4n) is 3.06. The lowest BCUT2D eigenvalue weighted by molar-refractivity contribution is 0.0668. The van der Waals surface area contributed by atoms with E-state index in [4.69, 9.17) is 9.47 Å². The molecule has 0 radical (unpaired) electrons. The number of aliphatic hydroxyl groups is 2. The number of hydrogen-bond donors (Lipinski definition) is 2. The van der Waals surface area contributed by atoms with Gasteiger partial charge in [0, 0.05) is 20.7 Å². The number of benzene rings is 1. The summed E-state index contributed by atoms with van der Waals surface area (Å²) in [6.07, 6.45) is 5.94. The number of alkyl halides is 2. The van der Waals surface area contributed by atoms with Crippen molar-refractivity contribution in [2.75, 3.05) is 22.1 Å². The molecule has 1 unspecified atom stereocenters. The van der Waals surface area contributed by atoms with Gasteiger partial charge in [-0.05, 0) is 36.6 Å². The van der Waals surface area contributed by atoms with E-state index >= 15 is 0 Å². The quantitative estimate of drug-likeness (QED) is 0.275. The topological polar surface area (TPSA) is 58.9 Å². The highest BCUT2D eigenvalue weighted by Gasteiger charge is 2.27. The Kier molecular flexibility index (Phi) is 10.1. The summed E-state index contributed by atoms with van der Waals surface area (Å²) in [7, 11) is 0. The molecule has 0 aliphatic heterocycles. The SMILES string of the molecule is CC(C)(C1=CC=C(OCC(O)CCI)CC1)c1ccc(OC[C@@H](O)CI)cc1. The predicted octanol–water partition coefficient (Wildman–Crippen LogP) is 4.95. The van der Waals surface area contributed by atoms with E-state index in [1.54, 1.807) is 0 Å². The largest absolute Gasteiger partial charge is 0.495 e. The Bertz CT molecular complexity index is 668. The highest BCUT2D eigenvalue weighted by atomic mass is 127. The third kappa shape index (κ3) is 7.18. The van der Waals surface area contributed by atoms with Crippen molar-refractivity contribution < 1.29 is 19.7 Å². The van der Waals surface area contributed by atoms with Gasteiger partial charge < -0.3 is 19.7 Å². The average Bonchev–Trinajstić information content (AvgIpc) is 2.71. The van der Waals surface area contributed by atoms with Gasteiger partial charge in [-0.1, -0.05) is 82.8 Å². The molecule has 4 nitrogen and oxygen atoms in total. The third-order valence-electron chi connectivity index (χ3n) is 5.01. The first kappa shape index (κ1) is 24.0. The summed E-state index contributed by atoms with van der Waals surface area (Å²) in [5.41, 5.74) is 2.51. The molecular formula is C22H30I2O4. The maximum absolute atomic E-state index is 9.82. The molecule has 2 rings (SSSR count). The van der Waals surface area contributed by atoms with Crippen LogP contribution in [0.5, 0.6) is 5.75 Å². The number of rotatable bonds is 11. The summed E-state index contributed by atoms with van der Waals surface area (Å²) < 4.78 is 13.0. The summed E-state index contributed by atoms with van der Waals surface area (Å²) in [5, 5.41) is 19.4. The Balaban J connectivity index is 1.98. The van der Waals surface area contributed by atoms with Crippen LogP contribution in [0.1, 0.15) is 38.7 Å². The van der Waals surface area contributed by atoms with Crippen molar-refractivity contribution in [2.45, 2.75) is 50.7 Å². The highest BCUT2D eigenvalue weighted by molar-refractivity contribution is 14.1. The van der Waals surface area contributed by atoms with Crippen LogP contribution >= 0.6 is 45.2 Å². The molecule has 0 saturated carbocycles. The molecule has 1 aliphatic rings. The fourth-order valence-corrected chi connectivity index (χ4v) is 4.04. The average molecular weight is 612 g/mol. The fraction of sp³-hybridized carbons (Fsp3) is 0.545. The summed E-state index contributed by atoms with van der Waals surface area (Å²) in [4.78, 5) is 0. The van der Waals surface area contributed by atoms with Gasteiger partial charge in [0.05, 0.1) is 18.0 Å². The molecule has 6 heteroatoms. The van der Waals surface area contributed by atoms with E-state index in [9.17, 15) is 10.2 Å². The second-order valence-electron chi connectivity index (χ2n) is 7.54. The zero-order valence-electron chi connectivity index (χ0n) is 16.5. The Morgan fingerprint density at radius 3 is 2.21 bits per heavy atom. The molecule has 0 amide bonds. The van der Waals surface area contributed by atoms with Crippen molar-refractivity contribution in [3.05, 3.63) is 53.3 Å². The van der Waals surface area contributed by atoms with Gasteiger partial charge in [0.1, 0.15) is 19.0 Å². The number of aliphatic hydroxyl groups excluding tert-OH is 2. The summed E-state index contributed by atoms with van der Waals surface area (Å²) in [6, 6.07) is 8.14. The van der Waals surface area contributed by atoms with Crippen LogP contribution < -0.4 is 4.74 Å². The van der Waals surface area contributed by atoms with E-state index in [1.807, 2.05) is 18.2 Å². The first-order valence-electron chi connectivity index (χ1n) is 9.61. The Morgan fingerprint density at radius 2 is 1.64 bits per heavy atom. The van der Waals surface area contributed by atoms with Gasteiger partial charge in [-0.25, -0.2) is 0 Å². The van der Waals surface area contributed by atoms with E-state index in [0.29, 0.717) is 17.6 Å². The Hall–Kier alpha value is -0.320. The normalized spacial score (nSPS) is 16.8.